The maximum absolute atomic E-state index is 13.0. The van der Waals surface area contributed by atoms with Crippen LogP contribution < -0.4 is 5.32 Å². The van der Waals surface area contributed by atoms with Crippen molar-refractivity contribution in [2.24, 2.45) is 0 Å². The van der Waals surface area contributed by atoms with Crippen molar-refractivity contribution < 1.29 is 13.9 Å². The molecule has 21 heavy (non-hydrogen) atoms. The number of nitriles is 1. The zero-order valence-electron chi connectivity index (χ0n) is 11.3. The summed E-state index contributed by atoms with van der Waals surface area (Å²) < 4.78 is 17.6. The number of nitrogens with zero attached hydrogens (tertiary/aromatic N) is 2. The highest BCUT2D eigenvalue weighted by Gasteiger charge is 2.06. The van der Waals surface area contributed by atoms with Gasteiger partial charge in [0.2, 0.25) is 0 Å². The molecular weight excluding hydrogens is 273 g/mol. The lowest BCUT2D eigenvalue weighted by molar-refractivity contribution is 0.0600. The van der Waals surface area contributed by atoms with E-state index in [1.165, 1.54) is 25.4 Å². The van der Waals surface area contributed by atoms with Crippen molar-refractivity contribution >= 4 is 11.7 Å². The predicted octanol–water partition coefficient (Wildman–Crippen LogP) is 2.49. The Morgan fingerprint density at radius 1 is 1.43 bits per heavy atom. The number of aromatic nitrogens is 1. The fourth-order valence-electron chi connectivity index (χ4n) is 1.72. The molecule has 0 spiro atoms. The Labute approximate surface area is 121 Å². The Morgan fingerprint density at radius 3 is 2.86 bits per heavy atom. The highest BCUT2D eigenvalue weighted by molar-refractivity contribution is 5.88. The monoisotopic (exact) mass is 285 g/mol. The summed E-state index contributed by atoms with van der Waals surface area (Å²) in [5.74, 6) is -0.912. The number of hydrogen-bond donors (Lipinski definition) is 1. The van der Waals surface area contributed by atoms with Crippen LogP contribution in [0.15, 0.2) is 36.5 Å². The first-order valence-electron chi connectivity index (χ1n) is 6.11. The van der Waals surface area contributed by atoms with Crippen LogP contribution in [0.3, 0.4) is 0 Å². The van der Waals surface area contributed by atoms with Gasteiger partial charge >= 0.3 is 5.97 Å². The summed E-state index contributed by atoms with van der Waals surface area (Å²) in [5.41, 5.74) is 1.79. The molecule has 1 aromatic heterocycles. The summed E-state index contributed by atoms with van der Waals surface area (Å²) in [5, 5.41) is 11.9. The molecule has 0 aliphatic carbocycles. The maximum atomic E-state index is 13.0. The number of carbonyl (C=O) groups excluding carboxylic acids is 1. The van der Waals surface area contributed by atoms with E-state index in [1.807, 2.05) is 6.07 Å². The number of esters is 1. The van der Waals surface area contributed by atoms with Crippen molar-refractivity contribution in [2.75, 3.05) is 12.4 Å². The van der Waals surface area contributed by atoms with Crippen LogP contribution in [-0.2, 0) is 11.3 Å². The minimum Gasteiger partial charge on any atom is -0.465 e. The average Bonchev–Trinajstić information content (AvgIpc) is 2.53. The lowest BCUT2D eigenvalue weighted by Gasteiger charge is -2.08. The van der Waals surface area contributed by atoms with Gasteiger partial charge in [-0.25, -0.2) is 9.18 Å². The maximum Gasteiger partial charge on any atom is 0.339 e. The topological polar surface area (TPSA) is 75.0 Å². The smallest absolute Gasteiger partial charge is 0.339 e. The minimum absolute atomic E-state index is 0.223. The molecule has 1 N–H and O–H groups in total. The van der Waals surface area contributed by atoms with E-state index in [4.69, 9.17) is 5.26 Å². The zero-order valence-corrected chi connectivity index (χ0v) is 11.3. The summed E-state index contributed by atoms with van der Waals surface area (Å²) >= 11 is 0. The first-order chi connectivity index (χ1) is 10.1. The first kappa shape index (κ1) is 14.5. The third-order valence-corrected chi connectivity index (χ3v) is 2.81. The summed E-state index contributed by atoms with van der Waals surface area (Å²) in [6, 6.07) is 9.13. The van der Waals surface area contributed by atoms with E-state index in [0.29, 0.717) is 23.5 Å². The summed E-state index contributed by atoms with van der Waals surface area (Å²) in [4.78, 5) is 15.4. The highest BCUT2D eigenvalue weighted by atomic mass is 19.1. The van der Waals surface area contributed by atoms with E-state index in [9.17, 15) is 9.18 Å². The second-order valence-electron chi connectivity index (χ2n) is 4.19. The number of hydrogen-bond acceptors (Lipinski definition) is 5. The molecule has 1 aromatic carbocycles. The van der Waals surface area contributed by atoms with Gasteiger partial charge in [0.1, 0.15) is 11.9 Å². The van der Waals surface area contributed by atoms with Gasteiger partial charge in [-0.2, -0.15) is 5.26 Å². The van der Waals surface area contributed by atoms with Crippen LogP contribution in [-0.4, -0.2) is 18.1 Å². The van der Waals surface area contributed by atoms with Crippen LogP contribution in [0.4, 0.5) is 10.1 Å². The van der Waals surface area contributed by atoms with Crippen LogP contribution >= 0.6 is 0 Å². The second kappa shape index (κ2) is 6.48. The third kappa shape index (κ3) is 3.54. The van der Waals surface area contributed by atoms with Gasteiger partial charge in [-0.1, -0.05) is 0 Å². The van der Waals surface area contributed by atoms with E-state index in [0.717, 1.165) is 6.07 Å². The third-order valence-electron chi connectivity index (χ3n) is 2.81. The lowest BCUT2D eigenvalue weighted by Crippen LogP contribution is -2.06. The number of halogens is 1. The largest absolute Gasteiger partial charge is 0.465 e. The van der Waals surface area contributed by atoms with E-state index >= 15 is 0 Å². The number of ether oxygens (including phenoxy) is 1. The molecule has 0 saturated heterocycles. The molecule has 0 atom stereocenters. The number of rotatable bonds is 4. The van der Waals surface area contributed by atoms with E-state index < -0.39 is 11.8 Å². The van der Waals surface area contributed by atoms with Gasteiger partial charge in [-0.3, -0.25) is 4.98 Å². The molecule has 0 fully saturated rings. The highest BCUT2D eigenvalue weighted by Crippen LogP contribution is 2.16. The second-order valence-corrected chi connectivity index (χ2v) is 4.19. The van der Waals surface area contributed by atoms with E-state index in [2.05, 4.69) is 15.0 Å². The Morgan fingerprint density at radius 2 is 2.24 bits per heavy atom. The van der Waals surface area contributed by atoms with Crippen LogP contribution in [0, 0.1) is 17.1 Å². The lowest BCUT2D eigenvalue weighted by atomic mass is 10.2. The average molecular weight is 285 g/mol. The molecule has 0 aliphatic heterocycles. The summed E-state index contributed by atoms with van der Waals surface area (Å²) in [6.45, 7) is 0.349. The molecular formula is C15H12FN3O2. The van der Waals surface area contributed by atoms with Crippen molar-refractivity contribution in [3.8, 4) is 6.07 Å². The Balaban J connectivity index is 2.07. The molecule has 0 unspecified atom stereocenters. The molecule has 0 bridgehead atoms. The van der Waals surface area contributed by atoms with Gasteiger partial charge in [0.25, 0.3) is 0 Å². The Kier molecular flexibility index (Phi) is 4.46. The Bertz CT molecular complexity index is 693. The molecule has 0 amide bonds. The van der Waals surface area contributed by atoms with Crippen molar-refractivity contribution in [1.82, 2.24) is 4.98 Å². The van der Waals surface area contributed by atoms with Gasteiger partial charge in [-0.05, 0) is 30.3 Å². The van der Waals surface area contributed by atoms with Crippen LogP contribution in [0.1, 0.15) is 21.6 Å². The van der Waals surface area contributed by atoms with Gasteiger partial charge in [0.05, 0.1) is 36.2 Å². The van der Waals surface area contributed by atoms with Gasteiger partial charge in [-0.15, -0.1) is 0 Å². The molecule has 1 heterocycles. The molecule has 0 saturated carbocycles. The number of pyridine rings is 1. The zero-order chi connectivity index (χ0) is 15.2. The van der Waals surface area contributed by atoms with Crippen molar-refractivity contribution in [3.05, 3.63) is 59.2 Å². The van der Waals surface area contributed by atoms with Crippen LogP contribution in [0.5, 0.6) is 0 Å². The summed E-state index contributed by atoms with van der Waals surface area (Å²) in [7, 11) is 1.30. The number of carbonyl (C=O) groups is 1. The number of nitrogens with one attached hydrogen (secondary N) is 1. The van der Waals surface area contributed by atoms with Crippen molar-refractivity contribution in [1.29, 1.82) is 5.26 Å². The van der Waals surface area contributed by atoms with Gasteiger partial charge < -0.3 is 10.1 Å². The molecule has 2 aromatic rings. The minimum atomic E-state index is -0.461. The van der Waals surface area contributed by atoms with Crippen molar-refractivity contribution in [2.45, 2.75) is 6.54 Å². The predicted molar refractivity (Wildman–Crippen MR) is 74.0 cm³/mol. The fourth-order valence-corrected chi connectivity index (χ4v) is 1.72. The molecule has 5 nitrogen and oxygen atoms in total. The molecule has 0 aliphatic rings. The molecule has 6 heteroatoms. The van der Waals surface area contributed by atoms with Crippen molar-refractivity contribution in [3.63, 3.8) is 0 Å². The SMILES string of the molecule is COC(=O)c1ccc(CNc2ccc(F)cc2C#N)nc1. The normalized spacial score (nSPS) is 9.76. The van der Waals surface area contributed by atoms with Crippen LogP contribution in [0.2, 0.25) is 0 Å². The molecule has 106 valence electrons. The standard InChI is InChI=1S/C15H12FN3O2/c1-21-15(20)10-2-4-13(18-8-10)9-19-14-5-3-12(16)6-11(14)7-17/h2-6,8,19H,9H2,1H3. The quantitative estimate of drug-likeness (QED) is 0.873. The molecule has 0 radical (unpaired) electrons. The van der Waals surface area contributed by atoms with Gasteiger partial charge in [0.15, 0.2) is 0 Å². The van der Waals surface area contributed by atoms with E-state index in [1.54, 1.807) is 12.1 Å². The fraction of sp³-hybridized carbons (Fsp3) is 0.133. The van der Waals surface area contributed by atoms with E-state index in [-0.39, 0.29) is 5.56 Å². The Hall–Kier alpha value is -2.94. The number of anilines is 1. The number of benzene rings is 1. The first-order valence-corrected chi connectivity index (χ1v) is 6.11. The van der Waals surface area contributed by atoms with Gasteiger partial charge in [0, 0.05) is 6.20 Å². The van der Waals surface area contributed by atoms with Crippen LogP contribution in [0.25, 0.3) is 0 Å². The summed E-state index contributed by atoms with van der Waals surface area (Å²) in [6.07, 6.45) is 1.42. The molecule has 2 rings (SSSR count). The number of methoxy groups -OCH3 is 1.